The van der Waals surface area contributed by atoms with Gasteiger partial charge in [-0.25, -0.2) is 9.18 Å². The lowest BCUT2D eigenvalue weighted by molar-refractivity contribution is -0.137. The van der Waals surface area contributed by atoms with Crippen LogP contribution in [0.15, 0.2) is 42.5 Å². The average Bonchev–Trinajstić information content (AvgIpc) is 3.07. The molecule has 4 rings (SSSR count). The number of urea groups is 1. The number of ether oxygens (including phenoxy) is 1. The minimum absolute atomic E-state index is 0.0694. The van der Waals surface area contributed by atoms with Gasteiger partial charge in [-0.2, -0.15) is 13.2 Å². The van der Waals surface area contributed by atoms with Crippen molar-refractivity contribution in [2.45, 2.75) is 24.6 Å². The number of nitrogens with zero attached hydrogens (tertiary/aromatic N) is 3. The van der Waals surface area contributed by atoms with Crippen LogP contribution in [0.3, 0.4) is 0 Å². The number of anilines is 1. The van der Waals surface area contributed by atoms with Crippen molar-refractivity contribution in [3.63, 3.8) is 0 Å². The topological polar surface area (TPSA) is 99.3 Å². The molecular weight excluding hydrogens is 512 g/mol. The van der Waals surface area contributed by atoms with Crippen LogP contribution in [0.25, 0.3) is 0 Å². The maximum Gasteiger partial charge on any atom is 0.416 e. The Hall–Kier alpha value is -4.16. The van der Waals surface area contributed by atoms with Gasteiger partial charge in [0.2, 0.25) is 5.91 Å². The lowest BCUT2D eigenvalue weighted by Crippen LogP contribution is -2.58. The van der Waals surface area contributed by atoms with Crippen molar-refractivity contribution in [3.8, 4) is 5.75 Å². The summed E-state index contributed by atoms with van der Waals surface area (Å²) in [4.78, 5) is 55.0. The van der Waals surface area contributed by atoms with E-state index in [9.17, 15) is 36.7 Å². The Bertz CT molecular complexity index is 1290. The summed E-state index contributed by atoms with van der Waals surface area (Å²) in [6, 6.07) is 7.61. The Balaban J connectivity index is 1.44. The molecule has 5 amide bonds. The van der Waals surface area contributed by atoms with Crippen molar-refractivity contribution in [3.05, 3.63) is 59.4 Å². The number of amides is 5. The van der Waals surface area contributed by atoms with E-state index in [1.54, 1.807) is 24.3 Å². The number of carbonyl (C=O) groups excluding carboxylic acids is 4. The lowest BCUT2D eigenvalue weighted by atomic mass is 9.85. The Morgan fingerprint density at radius 1 is 1.08 bits per heavy atom. The zero-order valence-electron chi connectivity index (χ0n) is 20.5. The highest BCUT2D eigenvalue weighted by Crippen LogP contribution is 2.41. The summed E-state index contributed by atoms with van der Waals surface area (Å²) in [7, 11) is 2.86. The van der Waals surface area contributed by atoms with E-state index in [-0.39, 0.29) is 25.9 Å². The third-order valence-corrected chi connectivity index (χ3v) is 6.80. The normalized spacial score (nSPS) is 17.3. The van der Waals surface area contributed by atoms with Crippen LogP contribution >= 0.6 is 0 Å². The molecule has 2 aromatic rings. The Morgan fingerprint density at radius 2 is 1.76 bits per heavy atom. The molecule has 0 unspecified atom stereocenters. The van der Waals surface area contributed by atoms with Crippen LogP contribution in [-0.2, 0) is 15.8 Å². The second-order valence-corrected chi connectivity index (χ2v) is 8.97. The molecule has 0 atom stereocenters. The molecule has 2 saturated heterocycles. The standard InChI is InChI=1S/C25H24F4N4O5/c1-31-22(36)24(33(23(31)37)16-4-3-5-17(13-16)38-2)8-10-32(11-9-24)20(34)14-30-21(35)18-12-15(25(27,28)29)6-7-19(18)26/h3-7,12-13H,8-11,14H2,1-2H3,(H,30,35). The maximum absolute atomic E-state index is 14.0. The van der Waals surface area contributed by atoms with Crippen LogP contribution in [0.5, 0.6) is 5.75 Å². The average molecular weight is 536 g/mol. The summed E-state index contributed by atoms with van der Waals surface area (Å²) in [5.41, 5.74) is -2.79. The van der Waals surface area contributed by atoms with E-state index in [1.165, 1.54) is 24.0 Å². The summed E-state index contributed by atoms with van der Waals surface area (Å²) in [5, 5.41) is 2.16. The first-order valence-corrected chi connectivity index (χ1v) is 11.6. The first-order chi connectivity index (χ1) is 17.9. The molecule has 0 radical (unpaired) electrons. The molecule has 1 spiro atoms. The Kier molecular flexibility index (Phi) is 7.04. The van der Waals surface area contributed by atoms with Gasteiger partial charge in [0.05, 0.1) is 30.5 Å². The maximum atomic E-state index is 14.0. The van der Waals surface area contributed by atoms with Gasteiger partial charge in [0, 0.05) is 26.2 Å². The van der Waals surface area contributed by atoms with Crippen LogP contribution in [0.1, 0.15) is 28.8 Å². The van der Waals surface area contributed by atoms with Gasteiger partial charge in [-0.05, 0) is 43.2 Å². The highest BCUT2D eigenvalue weighted by atomic mass is 19.4. The predicted molar refractivity (Wildman–Crippen MR) is 126 cm³/mol. The van der Waals surface area contributed by atoms with Crippen LogP contribution < -0.4 is 15.0 Å². The fourth-order valence-electron chi connectivity index (χ4n) is 4.74. The molecule has 2 fully saturated rings. The smallest absolute Gasteiger partial charge is 0.416 e. The fraction of sp³-hybridized carbons (Fsp3) is 0.360. The highest BCUT2D eigenvalue weighted by Gasteiger charge is 2.57. The van der Waals surface area contributed by atoms with Gasteiger partial charge in [0.1, 0.15) is 17.1 Å². The Labute approximate surface area is 214 Å². The number of carbonyl (C=O) groups is 4. The molecule has 0 saturated carbocycles. The number of rotatable bonds is 5. The second kappa shape index (κ2) is 9.95. The molecular formula is C25H24F4N4O5. The van der Waals surface area contributed by atoms with E-state index < -0.39 is 59.0 Å². The van der Waals surface area contributed by atoms with Crippen LogP contribution in [0, 0.1) is 5.82 Å². The van der Waals surface area contributed by atoms with Gasteiger partial charge < -0.3 is 15.0 Å². The molecule has 202 valence electrons. The van der Waals surface area contributed by atoms with Gasteiger partial charge in [0.15, 0.2) is 0 Å². The molecule has 38 heavy (non-hydrogen) atoms. The summed E-state index contributed by atoms with van der Waals surface area (Å²) in [6.07, 6.45) is -4.55. The van der Waals surface area contributed by atoms with E-state index in [4.69, 9.17) is 4.74 Å². The number of nitrogens with one attached hydrogen (secondary N) is 1. The molecule has 2 aliphatic heterocycles. The van der Waals surface area contributed by atoms with Crippen molar-refractivity contribution in [1.82, 2.24) is 15.1 Å². The minimum Gasteiger partial charge on any atom is -0.497 e. The highest BCUT2D eigenvalue weighted by molar-refractivity contribution is 6.16. The first kappa shape index (κ1) is 26.9. The molecule has 9 nitrogen and oxygen atoms in total. The first-order valence-electron chi connectivity index (χ1n) is 11.6. The summed E-state index contributed by atoms with van der Waals surface area (Å²) in [6.45, 7) is -0.451. The van der Waals surface area contributed by atoms with Crippen LogP contribution in [0.4, 0.5) is 28.0 Å². The van der Waals surface area contributed by atoms with Crippen molar-refractivity contribution in [2.24, 2.45) is 0 Å². The number of likely N-dealkylation sites (tertiary alicyclic amines) is 1. The van der Waals surface area contributed by atoms with Crippen LogP contribution in [-0.4, -0.2) is 72.9 Å². The van der Waals surface area contributed by atoms with Crippen molar-refractivity contribution in [2.75, 3.05) is 38.7 Å². The number of methoxy groups -OCH3 is 1. The number of likely N-dealkylation sites (N-methyl/N-ethyl adjacent to an activating group) is 1. The molecule has 2 aliphatic rings. The van der Waals surface area contributed by atoms with E-state index in [0.717, 1.165) is 4.90 Å². The number of hydrogen-bond donors (Lipinski definition) is 1. The molecule has 0 bridgehead atoms. The number of benzene rings is 2. The third kappa shape index (κ3) is 4.75. The van der Waals surface area contributed by atoms with Gasteiger partial charge in [-0.1, -0.05) is 6.07 Å². The van der Waals surface area contributed by atoms with Crippen molar-refractivity contribution < 1.29 is 41.5 Å². The van der Waals surface area contributed by atoms with Gasteiger partial charge in [-0.15, -0.1) is 0 Å². The Morgan fingerprint density at radius 3 is 2.39 bits per heavy atom. The number of piperidine rings is 1. The molecule has 1 N–H and O–H groups in total. The van der Waals surface area contributed by atoms with E-state index >= 15 is 0 Å². The molecule has 13 heteroatoms. The van der Waals surface area contributed by atoms with Gasteiger partial charge in [0.25, 0.3) is 11.8 Å². The number of halogens is 4. The molecule has 0 aromatic heterocycles. The lowest BCUT2D eigenvalue weighted by Gasteiger charge is -2.42. The van der Waals surface area contributed by atoms with E-state index in [1.807, 2.05) is 0 Å². The summed E-state index contributed by atoms with van der Waals surface area (Å²) in [5.74, 6) is -2.82. The van der Waals surface area contributed by atoms with Crippen molar-refractivity contribution >= 4 is 29.4 Å². The largest absolute Gasteiger partial charge is 0.497 e. The molecule has 0 aliphatic carbocycles. The minimum atomic E-state index is -4.77. The monoisotopic (exact) mass is 536 g/mol. The van der Waals surface area contributed by atoms with Gasteiger partial charge in [-0.3, -0.25) is 24.2 Å². The summed E-state index contributed by atoms with van der Waals surface area (Å²) < 4.78 is 58.0. The van der Waals surface area contributed by atoms with Crippen LogP contribution in [0.2, 0.25) is 0 Å². The number of imide groups is 1. The number of hydrogen-bond acceptors (Lipinski definition) is 5. The predicted octanol–water partition coefficient (Wildman–Crippen LogP) is 3.04. The zero-order chi connectivity index (χ0) is 27.8. The fourth-order valence-corrected chi connectivity index (χ4v) is 4.74. The zero-order valence-corrected chi connectivity index (χ0v) is 20.5. The number of alkyl halides is 3. The molecule has 2 heterocycles. The third-order valence-electron chi connectivity index (χ3n) is 6.80. The summed E-state index contributed by atoms with van der Waals surface area (Å²) >= 11 is 0. The SMILES string of the molecule is COc1cccc(N2C(=O)N(C)C(=O)C23CCN(C(=O)CNC(=O)c2cc(C(F)(F)F)ccc2F)CC3)c1. The second-order valence-electron chi connectivity index (χ2n) is 8.97. The van der Waals surface area contributed by atoms with E-state index in [2.05, 4.69) is 5.32 Å². The molecule has 2 aromatic carbocycles. The quantitative estimate of drug-likeness (QED) is 0.468. The van der Waals surface area contributed by atoms with Gasteiger partial charge >= 0.3 is 12.2 Å². The van der Waals surface area contributed by atoms with E-state index in [0.29, 0.717) is 29.6 Å². The van der Waals surface area contributed by atoms with Crippen molar-refractivity contribution in [1.29, 1.82) is 0 Å².